The second-order valence-corrected chi connectivity index (χ2v) is 4.61. The lowest BCUT2D eigenvalue weighted by atomic mass is 9.98. The van der Waals surface area contributed by atoms with E-state index < -0.39 is 5.60 Å². The average molecular weight is 221 g/mol. The fourth-order valence-electron chi connectivity index (χ4n) is 2.00. The van der Waals surface area contributed by atoms with Gasteiger partial charge in [0.25, 0.3) is 0 Å². The highest BCUT2D eigenvalue weighted by Gasteiger charge is 2.36. The van der Waals surface area contributed by atoms with E-state index in [1.54, 1.807) is 0 Å². The minimum atomic E-state index is -0.628. The van der Waals surface area contributed by atoms with Gasteiger partial charge in [-0.25, -0.2) is 0 Å². The van der Waals surface area contributed by atoms with Gasteiger partial charge in [-0.05, 0) is 25.5 Å². The van der Waals surface area contributed by atoms with Crippen LogP contribution in [-0.2, 0) is 11.3 Å². The second-order valence-electron chi connectivity index (χ2n) is 4.61. The van der Waals surface area contributed by atoms with Crippen molar-refractivity contribution in [2.75, 3.05) is 13.2 Å². The quantitative estimate of drug-likeness (QED) is 0.805. The molecule has 1 aliphatic rings. The molecule has 16 heavy (non-hydrogen) atoms. The van der Waals surface area contributed by atoms with Crippen molar-refractivity contribution in [1.29, 1.82) is 0 Å². The molecule has 0 bridgehead atoms. The molecule has 3 nitrogen and oxygen atoms in total. The molecule has 1 aromatic rings. The summed E-state index contributed by atoms with van der Waals surface area (Å²) in [5.74, 6) is 0. The minimum absolute atomic E-state index is 0.0520. The van der Waals surface area contributed by atoms with Crippen molar-refractivity contribution in [3.63, 3.8) is 0 Å². The molecule has 0 aliphatic carbocycles. The first-order valence-electron chi connectivity index (χ1n) is 5.76. The van der Waals surface area contributed by atoms with Gasteiger partial charge in [-0.1, -0.05) is 30.3 Å². The molecule has 2 N–H and O–H groups in total. The highest BCUT2D eigenvalue weighted by Crippen LogP contribution is 2.20. The summed E-state index contributed by atoms with van der Waals surface area (Å²) < 4.78 is 5.62. The molecule has 2 atom stereocenters. The Morgan fingerprint density at radius 2 is 2.19 bits per heavy atom. The lowest BCUT2D eigenvalue weighted by Crippen LogP contribution is -2.43. The molecule has 2 unspecified atom stereocenters. The van der Waals surface area contributed by atoms with Gasteiger partial charge in [0, 0.05) is 0 Å². The largest absolute Gasteiger partial charge is 0.388 e. The molecule has 0 amide bonds. The van der Waals surface area contributed by atoms with Crippen LogP contribution in [0.25, 0.3) is 0 Å². The van der Waals surface area contributed by atoms with Crippen LogP contribution in [0.1, 0.15) is 18.9 Å². The summed E-state index contributed by atoms with van der Waals surface area (Å²) in [5.41, 5.74) is 0.539. The summed E-state index contributed by atoms with van der Waals surface area (Å²) >= 11 is 0. The van der Waals surface area contributed by atoms with E-state index in [1.807, 2.05) is 37.3 Å². The van der Waals surface area contributed by atoms with E-state index in [4.69, 9.17) is 4.74 Å². The third-order valence-corrected chi connectivity index (χ3v) is 3.17. The van der Waals surface area contributed by atoms with Crippen molar-refractivity contribution in [3.8, 4) is 0 Å². The van der Waals surface area contributed by atoms with Crippen LogP contribution in [0, 0.1) is 0 Å². The van der Waals surface area contributed by atoms with Crippen LogP contribution in [-0.4, -0.2) is 29.9 Å². The Hall–Kier alpha value is -0.900. The van der Waals surface area contributed by atoms with Gasteiger partial charge in [-0.15, -0.1) is 0 Å². The maximum Gasteiger partial charge on any atom is 0.0806 e. The van der Waals surface area contributed by atoms with E-state index >= 15 is 0 Å². The molecule has 3 heteroatoms. The van der Waals surface area contributed by atoms with Gasteiger partial charge in [0.1, 0.15) is 0 Å². The van der Waals surface area contributed by atoms with Gasteiger partial charge in [0.15, 0.2) is 0 Å². The number of aliphatic hydroxyl groups is 1. The second kappa shape index (κ2) is 4.95. The molecule has 1 aromatic carbocycles. The number of hydrogen-bond acceptors (Lipinski definition) is 3. The summed E-state index contributed by atoms with van der Waals surface area (Å²) in [6.07, 6.45) is 0.798. The van der Waals surface area contributed by atoms with Crippen molar-refractivity contribution >= 4 is 0 Å². The predicted octanol–water partition coefficient (Wildman–Crippen LogP) is 1.32. The maximum absolute atomic E-state index is 10.0. The lowest BCUT2D eigenvalue weighted by molar-refractivity contribution is 0.00131. The van der Waals surface area contributed by atoms with Crippen LogP contribution in [0.2, 0.25) is 0 Å². The molecule has 0 spiro atoms. The van der Waals surface area contributed by atoms with Crippen LogP contribution >= 0.6 is 0 Å². The summed E-state index contributed by atoms with van der Waals surface area (Å²) in [6.45, 7) is 3.90. The molecule has 0 radical (unpaired) electrons. The highest BCUT2D eigenvalue weighted by atomic mass is 16.5. The van der Waals surface area contributed by atoms with Crippen LogP contribution in [0.4, 0.5) is 0 Å². The van der Waals surface area contributed by atoms with E-state index in [-0.39, 0.29) is 6.04 Å². The summed E-state index contributed by atoms with van der Waals surface area (Å²) in [4.78, 5) is 0. The first kappa shape index (κ1) is 11.6. The lowest BCUT2D eigenvalue weighted by Gasteiger charge is -2.24. The molecule has 0 saturated carbocycles. The van der Waals surface area contributed by atoms with Gasteiger partial charge in [0.2, 0.25) is 0 Å². The zero-order valence-electron chi connectivity index (χ0n) is 9.65. The van der Waals surface area contributed by atoms with Gasteiger partial charge < -0.3 is 15.2 Å². The van der Waals surface area contributed by atoms with E-state index in [0.717, 1.165) is 13.0 Å². The molecular weight excluding hydrogens is 202 g/mol. The number of nitrogens with one attached hydrogen (secondary N) is 1. The molecule has 1 saturated heterocycles. The zero-order chi connectivity index (χ0) is 11.4. The van der Waals surface area contributed by atoms with Crippen molar-refractivity contribution in [2.24, 2.45) is 0 Å². The fourth-order valence-corrected chi connectivity index (χ4v) is 2.00. The Morgan fingerprint density at radius 3 is 2.81 bits per heavy atom. The molecular formula is C13H19NO2. The fraction of sp³-hybridized carbons (Fsp3) is 0.538. The molecule has 0 aromatic heterocycles. The van der Waals surface area contributed by atoms with Gasteiger partial charge in [0.05, 0.1) is 24.9 Å². The van der Waals surface area contributed by atoms with Gasteiger partial charge in [-0.2, -0.15) is 0 Å². The van der Waals surface area contributed by atoms with Crippen LogP contribution in [0.3, 0.4) is 0 Å². The third-order valence-electron chi connectivity index (χ3n) is 3.17. The van der Waals surface area contributed by atoms with Crippen molar-refractivity contribution in [1.82, 2.24) is 5.32 Å². The Balaban J connectivity index is 1.76. The normalized spacial score (nSPS) is 29.5. The Kier molecular flexibility index (Phi) is 3.59. The standard InChI is InChI=1S/C13H19NO2/c1-13(15)7-8-14-12(13)10-16-9-11-5-3-2-4-6-11/h2-6,12,14-15H,7-10H2,1H3. The van der Waals surface area contributed by atoms with Gasteiger partial charge in [-0.3, -0.25) is 0 Å². The number of rotatable bonds is 4. The zero-order valence-corrected chi connectivity index (χ0v) is 9.65. The highest BCUT2D eigenvalue weighted by molar-refractivity contribution is 5.13. The predicted molar refractivity (Wildman–Crippen MR) is 63.1 cm³/mol. The van der Waals surface area contributed by atoms with E-state index in [2.05, 4.69) is 5.32 Å². The first-order valence-corrected chi connectivity index (χ1v) is 5.76. The summed E-state index contributed by atoms with van der Waals surface area (Å²) in [5, 5.41) is 13.3. The summed E-state index contributed by atoms with van der Waals surface area (Å²) in [7, 11) is 0. The third kappa shape index (κ3) is 2.82. The van der Waals surface area contributed by atoms with E-state index in [0.29, 0.717) is 13.2 Å². The SMILES string of the molecule is CC1(O)CCNC1COCc1ccccc1. The van der Waals surface area contributed by atoms with Crippen LogP contribution in [0.5, 0.6) is 0 Å². The molecule has 2 rings (SSSR count). The summed E-state index contributed by atoms with van der Waals surface area (Å²) in [6, 6.07) is 10.1. The van der Waals surface area contributed by atoms with E-state index in [9.17, 15) is 5.11 Å². The average Bonchev–Trinajstić information content (AvgIpc) is 2.60. The Morgan fingerprint density at radius 1 is 1.44 bits per heavy atom. The molecule has 1 fully saturated rings. The number of hydrogen-bond donors (Lipinski definition) is 2. The van der Waals surface area contributed by atoms with Crippen molar-refractivity contribution in [2.45, 2.75) is 31.6 Å². The van der Waals surface area contributed by atoms with E-state index in [1.165, 1.54) is 5.56 Å². The maximum atomic E-state index is 10.0. The van der Waals surface area contributed by atoms with Crippen molar-refractivity contribution < 1.29 is 9.84 Å². The Labute approximate surface area is 96.4 Å². The molecule has 1 aliphatic heterocycles. The van der Waals surface area contributed by atoms with Crippen LogP contribution < -0.4 is 5.32 Å². The minimum Gasteiger partial charge on any atom is -0.388 e. The van der Waals surface area contributed by atoms with Crippen LogP contribution in [0.15, 0.2) is 30.3 Å². The number of benzene rings is 1. The first-order chi connectivity index (χ1) is 7.68. The Bertz CT molecular complexity index is 324. The van der Waals surface area contributed by atoms with Gasteiger partial charge >= 0.3 is 0 Å². The molecule has 88 valence electrons. The van der Waals surface area contributed by atoms with Crippen molar-refractivity contribution in [3.05, 3.63) is 35.9 Å². The topological polar surface area (TPSA) is 41.5 Å². The smallest absolute Gasteiger partial charge is 0.0806 e. The number of ether oxygens (including phenoxy) is 1. The monoisotopic (exact) mass is 221 g/mol. The molecule has 1 heterocycles.